The largest absolute Gasteiger partial charge is 0.478 e. The third-order valence-corrected chi connectivity index (χ3v) is 3.45. The number of benzene rings is 1. The van der Waals surface area contributed by atoms with Gasteiger partial charge in [-0.15, -0.1) is 10.2 Å². The fourth-order valence-electron chi connectivity index (χ4n) is 2.32. The highest BCUT2D eigenvalue weighted by Crippen LogP contribution is 2.30. The van der Waals surface area contributed by atoms with E-state index in [-0.39, 0.29) is 23.5 Å². The van der Waals surface area contributed by atoms with Gasteiger partial charge in [0.25, 0.3) is 5.69 Å². The van der Waals surface area contributed by atoms with Gasteiger partial charge in [0, 0.05) is 12.6 Å². The van der Waals surface area contributed by atoms with E-state index in [0.29, 0.717) is 11.4 Å². The van der Waals surface area contributed by atoms with E-state index < -0.39 is 10.9 Å². The number of carbonyl (C=O) groups is 1. The van der Waals surface area contributed by atoms with Crippen molar-refractivity contribution in [3.05, 3.63) is 45.5 Å². The van der Waals surface area contributed by atoms with Gasteiger partial charge in [0.15, 0.2) is 5.82 Å². The monoisotopic (exact) mass is 319 g/mol. The number of nitro groups is 1. The summed E-state index contributed by atoms with van der Waals surface area (Å²) in [4.78, 5) is 21.8. The van der Waals surface area contributed by atoms with E-state index in [1.165, 1.54) is 19.1 Å². The molecule has 0 aliphatic carbocycles. The van der Waals surface area contributed by atoms with Crippen molar-refractivity contribution < 1.29 is 14.8 Å². The van der Waals surface area contributed by atoms with Crippen molar-refractivity contribution >= 4 is 17.3 Å². The van der Waals surface area contributed by atoms with Crippen LogP contribution in [0.4, 0.5) is 11.4 Å². The maximum Gasteiger partial charge on any atom is 0.336 e. The average Bonchev–Trinajstić information content (AvgIpc) is 2.92. The van der Waals surface area contributed by atoms with Gasteiger partial charge < -0.3 is 15.0 Å². The first-order chi connectivity index (χ1) is 11.0. The Morgan fingerprint density at radius 1 is 1.48 bits per heavy atom. The summed E-state index contributed by atoms with van der Waals surface area (Å²) in [6.07, 6.45) is 2.49. The first-order valence-corrected chi connectivity index (χ1v) is 7.07. The highest BCUT2D eigenvalue weighted by atomic mass is 16.6. The number of hydrogen-bond donors (Lipinski definition) is 2. The minimum absolute atomic E-state index is 0.0214. The number of aromatic carboxylic acids is 1. The van der Waals surface area contributed by atoms with E-state index in [4.69, 9.17) is 5.11 Å². The number of aryl methyl sites for hydroxylation is 1. The summed E-state index contributed by atoms with van der Waals surface area (Å²) < 4.78 is 1.84. The first-order valence-electron chi connectivity index (χ1n) is 7.07. The molecule has 0 aliphatic rings. The maximum absolute atomic E-state index is 11.2. The van der Waals surface area contributed by atoms with Gasteiger partial charge in [0.1, 0.15) is 12.0 Å². The number of carboxylic acids is 1. The van der Waals surface area contributed by atoms with Crippen LogP contribution in [0.2, 0.25) is 0 Å². The first kappa shape index (κ1) is 16.4. The summed E-state index contributed by atoms with van der Waals surface area (Å²) in [5, 5.41) is 31.1. The normalized spacial score (nSPS) is 10.5. The van der Waals surface area contributed by atoms with E-state index in [2.05, 4.69) is 15.5 Å². The van der Waals surface area contributed by atoms with Gasteiger partial charge in [-0.1, -0.05) is 6.92 Å². The molecule has 9 nitrogen and oxygen atoms in total. The molecule has 2 rings (SSSR count). The van der Waals surface area contributed by atoms with Crippen LogP contribution in [0.25, 0.3) is 0 Å². The highest BCUT2D eigenvalue weighted by Gasteiger charge is 2.21. The second-order valence-corrected chi connectivity index (χ2v) is 4.99. The molecule has 0 spiro atoms. The van der Waals surface area contributed by atoms with Crippen molar-refractivity contribution in [1.82, 2.24) is 14.8 Å². The number of nitrogens with zero attached hydrogens (tertiary/aromatic N) is 4. The molecular weight excluding hydrogens is 302 g/mol. The van der Waals surface area contributed by atoms with Gasteiger partial charge in [-0.25, -0.2) is 4.79 Å². The number of hydrogen-bond acceptors (Lipinski definition) is 6. The molecule has 1 heterocycles. The molecule has 1 aromatic carbocycles. The Morgan fingerprint density at radius 3 is 2.83 bits per heavy atom. The minimum atomic E-state index is -1.13. The Hall–Kier alpha value is -2.97. The van der Waals surface area contributed by atoms with Crippen molar-refractivity contribution in [3.8, 4) is 0 Å². The number of anilines is 1. The predicted molar refractivity (Wildman–Crippen MR) is 82.4 cm³/mol. The third-order valence-electron chi connectivity index (χ3n) is 3.45. The molecule has 23 heavy (non-hydrogen) atoms. The van der Waals surface area contributed by atoms with Gasteiger partial charge in [-0.3, -0.25) is 10.1 Å². The van der Waals surface area contributed by atoms with Crippen LogP contribution in [0.15, 0.2) is 18.5 Å². The average molecular weight is 319 g/mol. The Morgan fingerprint density at radius 2 is 2.22 bits per heavy atom. The SMILES string of the molecule is CCCn1cnnc1CNc1c([N+](=O)[O-])ccc(C(=O)O)c1C. The lowest BCUT2D eigenvalue weighted by Crippen LogP contribution is -2.12. The summed E-state index contributed by atoms with van der Waals surface area (Å²) in [6, 6.07) is 2.43. The molecule has 122 valence electrons. The van der Waals surface area contributed by atoms with Gasteiger partial charge in [-0.05, 0) is 25.0 Å². The molecule has 0 saturated carbocycles. The lowest BCUT2D eigenvalue weighted by atomic mass is 10.1. The van der Waals surface area contributed by atoms with Crippen molar-refractivity contribution in [3.63, 3.8) is 0 Å². The lowest BCUT2D eigenvalue weighted by molar-refractivity contribution is -0.384. The molecule has 0 fully saturated rings. The summed E-state index contributed by atoms with van der Waals surface area (Å²) in [5.74, 6) is -0.504. The number of carboxylic acid groups (broad SMARTS) is 1. The Labute approximate surface area is 132 Å². The lowest BCUT2D eigenvalue weighted by Gasteiger charge is -2.12. The summed E-state index contributed by atoms with van der Waals surface area (Å²) >= 11 is 0. The van der Waals surface area contributed by atoms with Gasteiger partial charge in [-0.2, -0.15) is 0 Å². The van der Waals surface area contributed by atoms with E-state index in [9.17, 15) is 14.9 Å². The zero-order valence-electron chi connectivity index (χ0n) is 12.8. The molecule has 1 aromatic heterocycles. The van der Waals surface area contributed by atoms with Crippen LogP contribution in [0.1, 0.15) is 35.1 Å². The number of rotatable bonds is 7. The third kappa shape index (κ3) is 3.44. The van der Waals surface area contributed by atoms with Crippen LogP contribution >= 0.6 is 0 Å². The molecule has 0 amide bonds. The zero-order chi connectivity index (χ0) is 17.0. The van der Waals surface area contributed by atoms with Gasteiger partial charge in [0.2, 0.25) is 0 Å². The maximum atomic E-state index is 11.2. The van der Waals surface area contributed by atoms with Crippen LogP contribution in [-0.4, -0.2) is 30.8 Å². The Balaban J connectivity index is 2.33. The molecule has 9 heteroatoms. The fraction of sp³-hybridized carbons (Fsp3) is 0.357. The van der Waals surface area contributed by atoms with Crippen molar-refractivity contribution in [2.24, 2.45) is 0 Å². The predicted octanol–water partition coefficient (Wildman–Crippen LogP) is 2.22. The zero-order valence-corrected chi connectivity index (χ0v) is 12.8. The van der Waals surface area contributed by atoms with Crippen LogP contribution in [0, 0.1) is 17.0 Å². The van der Waals surface area contributed by atoms with Crippen LogP contribution in [0.5, 0.6) is 0 Å². The summed E-state index contributed by atoms with van der Waals surface area (Å²) in [7, 11) is 0. The molecule has 0 unspecified atom stereocenters. The Bertz CT molecular complexity index is 741. The fourth-order valence-corrected chi connectivity index (χ4v) is 2.32. The van der Waals surface area contributed by atoms with Crippen LogP contribution in [0.3, 0.4) is 0 Å². The topological polar surface area (TPSA) is 123 Å². The molecule has 2 N–H and O–H groups in total. The van der Waals surface area contributed by atoms with Crippen molar-refractivity contribution in [2.75, 3.05) is 5.32 Å². The number of aromatic nitrogens is 3. The Kier molecular flexibility index (Phi) is 4.89. The second kappa shape index (κ2) is 6.86. The molecule has 0 saturated heterocycles. The van der Waals surface area contributed by atoms with Gasteiger partial charge >= 0.3 is 5.97 Å². The van der Waals surface area contributed by atoms with Crippen LogP contribution in [-0.2, 0) is 13.1 Å². The second-order valence-electron chi connectivity index (χ2n) is 4.99. The van der Waals surface area contributed by atoms with Crippen LogP contribution < -0.4 is 5.32 Å². The number of nitro benzene ring substituents is 1. The minimum Gasteiger partial charge on any atom is -0.478 e. The van der Waals surface area contributed by atoms with Gasteiger partial charge in [0.05, 0.1) is 17.0 Å². The summed E-state index contributed by atoms with van der Waals surface area (Å²) in [5.41, 5.74) is 0.344. The molecule has 0 radical (unpaired) electrons. The van der Waals surface area contributed by atoms with Crippen molar-refractivity contribution in [2.45, 2.75) is 33.4 Å². The standard InChI is InChI=1S/C14H17N5O4/c1-3-6-18-8-16-17-12(18)7-15-13-9(2)10(14(20)21)4-5-11(13)19(22)23/h4-5,8,15H,3,6-7H2,1-2H3,(H,20,21). The molecule has 0 atom stereocenters. The highest BCUT2D eigenvalue weighted by molar-refractivity contribution is 5.92. The van der Waals surface area contributed by atoms with Crippen molar-refractivity contribution in [1.29, 1.82) is 0 Å². The molecule has 0 bridgehead atoms. The smallest absolute Gasteiger partial charge is 0.336 e. The molecule has 2 aromatic rings. The number of nitrogens with one attached hydrogen (secondary N) is 1. The van der Waals surface area contributed by atoms with E-state index in [1.807, 2.05) is 11.5 Å². The van der Waals surface area contributed by atoms with E-state index in [0.717, 1.165) is 13.0 Å². The quantitative estimate of drug-likeness (QED) is 0.592. The molecule has 0 aliphatic heterocycles. The van der Waals surface area contributed by atoms with E-state index >= 15 is 0 Å². The summed E-state index contributed by atoms with van der Waals surface area (Å²) in [6.45, 7) is 4.50. The van der Waals surface area contributed by atoms with E-state index in [1.54, 1.807) is 6.33 Å². The molecular formula is C14H17N5O4.